The number of nitrogens with zero attached hydrogens (tertiary/aromatic N) is 6. The van der Waals surface area contributed by atoms with Gasteiger partial charge in [0.15, 0.2) is 5.82 Å². The molecule has 0 aliphatic carbocycles. The van der Waals surface area contributed by atoms with E-state index in [0.29, 0.717) is 18.0 Å². The Hall–Kier alpha value is -2.88. The van der Waals surface area contributed by atoms with Gasteiger partial charge in [-0.2, -0.15) is 0 Å². The van der Waals surface area contributed by atoms with Gasteiger partial charge in [-0.25, -0.2) is 9.07 Å². The normalized spacial score (nSPS) is 17.6. The van der Waals surface area contributed by atoms with E-state index in [4.69, 9.17) is 17.3 Å². The molecule has 2 saturated heterocycles. The minimum Gasteiger partial charge on any atom is -0.342 e. The number of halogens is 1. The standard InChI is InChI=1S/C26H31FN6OS/c27-22-9-11-23(12-10-22)33-25(21-7-2-1-3-8-21)28-32(26(33)35)20-30-14-6-13-29(17-18-30)19-24(34)31-15-4-5-16-31/h1-3,7-12H,4-6,13-20H2. The number of hydrogen-bond donors (Lipinski definition) is 0. The number of likely N-dealkylation sites (tertiary alicyclic amines) is 1. The molecule has 9 heteroatoms. The number of carbonyl (C=O) groups excluding carboxylic acids is 1. The smallest absolute Gasteiger partial charge is 0.236 e. The summed E-state index contributed by atoms with van der Waals surface area (Å²) in [6.07, 6.45) is 3.23. The first-order valence-corrected chi connectivity index (χ1v) is 12.7. The maximum absolute atomic E-state index is 13.6. The Morgan fingerprint density at radius 3 is 2.29 bits per heavy atom. The quantitative estimate of drug-likeness (QED) is 0.488. The van der Waals surface area contributed by atoms with Crippen molar-refractivity contribution in [2.24, 2.45) is 0 Å². The monoisotopic (exact) mass is 494 g/mol. The van der Waals surface area contributed by atoms with E-state index in [9.17, 15) is 9.18 Å². The fraction of sp³-hybridized carbons (Fsp3) is 0.423. The van der Waals surface area contributed by atoms with Gasteiger partial charge in [0.05, 0.1) is 18.9 Å². The SMILES string of the molecule is O=C(CN1CCCN(Cn2nc(-c3ccccc3)n(-c3ccc(F)cc3)c2=S)CC1)N1CCCC1. The highest BCUT2D eigenvalue weighted by Gasteiger charge is 2.23. The van der Waals surface area contributed by atoms with E-state index in [1.807, 2.05) is 44.5 Å². The van der Waals surface area contributed by atoms with Gasteiger partial charge in [-0.3, -0.25) is 19.2 Å². The zero-order chi connectivity index (χ0) is 24.2. The molecule has 2 fully saturated rings. The molecular formula is C26H31FN6OS. The van der Waals surface area contributed by atoms with Crippen LogP contribution in [0.4, 0.5) is 4.39 Å². The van der Waals surface area contributed by atoms with E-state index in [1.54, 1.807) is 12.1 Å². The topological polar surface area (TPSA) is 49.5 Å². The van der Waals surface area contributed by atoms with Crippen LogP contribution in [0, 0.1) is 10.6 Å². The molecule has 0 bridgehead atoms. The minimum absolute atomic E-state index is 0.253. The lowest BCUT2D eigenvalue weighted by atomic mass is 10.2. The summed E-state index contributed by atoms with van der Waals surface area (Å²) in [5.41, 5.74) is 1.73. The van der Waals surface area contributed by atoms with Crippen LogP contribution in [-0.4, -0.2) is 80.8 Å². The summed E-state index contributed by atoms with van der Waals surface area (Å²) in [6.45, 7) is 6.40. The van der Waals surface area contributed by atoms with Gasteiger partial charge in [0.2, 0.25) is 10.7 Å². The molecule has 7 nitrogen and oxygen atoms in total. The predicted octanol–water partition coefficient (Wildman–Crippen LogP) is 3.80. The molecule has 0 atom stereocenters. The van der Waals surface area contributed by atoms with Crippen LogP contribution in [0.15, 0.2) is 54.6 Å². The van der Waals surface area contributed by atoms with Gasteiger partial charge in [0, 0.05) is 38.3 Å². The van der Waals surface area contributed by atoms with Gasteiger partial charge < -0.3 is 4.90 Å². The number of benzene rings is 2. The third-order valence-corrected chi connectivity index (χ3v) is 7.18. The minimum atomic E-state index is -0.286. The molecule has 35 heavy (non-hydrogen) atoms. The van der Waals surface area contributed by atoms with E-state index < -0.39 is 0 Å². The van der Waals surface area contributed by atoms with E-state index in [1.165, 1.54) is 12.1 Å². The lowest BCUT2D eigenvalue weighted by Crippen LogP contribution is -2.40. The number of carbonyl (C=O) groups is 1. The van der Waals surface area contributed by atoms with Gasteiger partial charge in [0.25, 0.3) is 0 Å². The first kappa shape index (κ1) is 23.8. The first-order chi connectivity index (χ1) is 17.1. The van der Waals surface area contributed by atoms with Crippen LogP contribution in [0.5, 0.6) is 0 Å². The summed E-state index contributed by atoms with van der Waals surface area (Å²) >= 11 is 5.85. The van der Waals surface area contributed by atoms with Gasteiger partial charge in [0.1, 0.15) is 5.82 Å². The lowest BCUT2D eigenvalue weighted by molar-refractivity contribution is -0.131. The molecular weight excluding hydrogens is 463 g/mol. The van der Waals surface area contributed by atoms with Crippen LogP contribution in [-0.2, 0) is 11.5 Å². The summed E-state index contributed by atoms with van der Waals surface area (Å²) in [6, 6.07) is 16.3. The summed E-state index contributed by atoms with van der Waals surface area (Å²) in [5, 5.41) is 4.89. The van der Waals surface area contributed by atoms with Crippen molar-refractivity contribution in [1.29, 1.82) is 0 Å². The highest BCUT2D eigenvalue weighted by Crippen LogP contribution is 2.23. The average Bonchev–Trinajstić information content (AvgIpc) is 3.46. The number of rotatable bonds is 6. The fourth-order valence-electron chi connectivity index (χ4n) is 4.87. The van der Waals surface area contributed by atoms with Crippen LogP contribution in [0.25, 0.3) is 17.1 Å². The maximum Gasteiger partial charge on any atom is 0.236 e. The molecule has 0 N–H and O–H groups in total. The van der Waals surface area contributed by atoms with Crippen LogP contribution in [0.2, 0.25) is 0 Å². The molecule has 1 amide bonds. The van der Waals surface area contributed by atoms with E-state index in [2.05, 4.69) is 9.80 Å². The van der Waals surface area contributed by atoms with Crippen LogP contribution < -0.4 is 0 Å². The third-order valence-electron chi connectivity index (χ3n) is 6.79. The van der Waals surface area contributed by atoms with E-state index in [0.717, 1.165) is 75.6 Å². The van der Waals surface area contributed by atoms with Crippen molar-refractivity contribution in [2.45, 2.75) is 25.9 Å². The van der Waals surface area contributed by atoms with Crippen LogP contribution >= 0.6 is 12.2 Å². The second-order valence-electron chi connectivity index (χ2n) is 9.26. The van der Waals surface area contributed by atoms with Crippen molar-refractivity contribution in [3.8, 4) is 17.1 Å². The largest absolute Gasteiger partial charge is 0.342 e. The molecule has 0 radical (unpaired) electrons. The van der Waals surface area contributed by atoms with Crippen molar-refractivity contribution < 1.29 is 9.18 Å². The molecule has 3 heterocycles. The Labute approximate surface area is 210 Å². The maximum atomic E-state index is 13.6. The van der Waals surface area contributed by atoms with Crippen molar-refractivity contribution in [3.63, 3.8) is 0 Å². The third kappa shape index (κ3) is 5.52. The van der Waals surface area contributed by atoms with Gasteiger partial charge in [-0.05, 0) is 62.3 Å². The van der Waals surface area contributed by atoms with E-state index in [-0.39, 0.29) is 11.7 Å². The summed E-state index contributed by atoms with van der Waals surface area (Å²) < 4.78 is 17.9. The Morgan fingerprint density at radius 2 is 1.54 bits per heavy atom. The molecule has 1 aromatic heterocycles. The molecule has 0 saturated carbocycles. The van der Waals surface area contributed by atoms with Crippen molar-refractivity contribution in [1.82, 2.24) is 29.0 Å². The van der Waals surface area contributed by atoms with Crippen LogP contribution in [0.3, 0.4) is 0 Å². The Kier molecular flexibility index (Phi) is 7.36. The number of hydrogen-bond acceptors (Lipinski definition) is 5. The zero-order valence-corrected chi connectivity index (χ0v) is 20.7. The predicted molar refractivity (Wildman–Crippen MR) is 136 cm³/mol. The number of amides is 1. The molecule has 184 valence electrons. The van der Waals surface area contributed by atoms with Gasteiger partial charge >= 0.3 is 0 Å². The van der Waals surface area contributed by atoms with Gasteiger partial charge in [-0.15, -0.1) is 5.10 Å². The average molecular weight is 495 g/mol. The van der Waals surface area contributed by atoms with Crippen molar-refractivity contribution >= 4 is 18.1 Å². The first-order valence-electron chi connectivity index (χ1n) is 12.3. The molecule has 5 rings (SSSR count). The molecule has 2 aliphatic heterocycles. The molecule has 2 aliphatic rings. The molecule has 3 aromatic rings. The summed E-state index contributed by atoms with van der Waals surface area (Å²) in [4.78, 5) is 19.2. The Bertz CT molecular complexity index is 1200. The Morgan fingerprint density at radius 1 is 0.857 bits per heavy atom. The summed E-state index contributed by atoms with van der Waals surface area (Å²) in [7, 11) is 0. The van der Waals surface area contributed by atoms with Crippen molar-refractivity contribution in [2.75, 3.05) is 45.8 Å². The van der Waals surface area contributed by atoms with Crippen molar-refractivity contribution in [3.05, 3.63) is 65.2 Å². The molecule has 0 spiro atoms. The molecule has 2 aromatic carbocycles. The fourth-order valence-corrected chi connectivity index (χ4v) is 5.16. The van der Waals surface area contributed by atoms with Crippen LogP contribution in [0.1, 0.15) is 19.3 Å². The second kappa shape index (κ2) is 10.8. The number of aromatic nitrogens is 3. The second-order valence-corrected chi connectivity index (χ2v) is 9.63. The lowest BCUT2D eigenvalue weighted by Gasteiger charge is -2.23. The highest BCUT2D eigenvalue weighted by atomic mass is 32.1. The zero-order valence-electron chi connectivity index (χ0n) is 19.9. The molecule has 0 unspecified atom stereocenters. The summed E-state index contributed by atoms with van der Waals surface area (Å²) in [5.74, 6) is 0.699. The van der Waals surface area contributed by atoms with E-state index >= 15 is 0 Å². The highest BCUT2D eigenvalue weighted by molar-refractivity contribution is 7.71. The van der Waals surface area contributed by atoms with Gasteiger partial charge in [-0.1, -0.05) is 30.3 Å². The Balaban J connectivity index is 1.33.